The van der Waals surface area contributed by atoms with Crippen molar-refractivity contribution < 1.29 is 14.7 Å². The first kappa shape index (κ1) is 13.7. The van der Waals surface area contributed by atoms with Crippen molar-refractivity contribution in [1.82, 2.24) is 9.88 Å². The molecule has 2 N–H and O–H groups in total. The predicted molar refractivity (Wildman–Crippen MR) is 79.2 cm³/mol. The van der Waals surface area contributed by atoms with E-state index in [1.807, 2.05) is 31.3 Å². The molecule has 1 aliphatic heterocycles. The van der Waals surface area contributed by atoms with Gasteiger partial charge in [0.2, 0.25) is 0 Å². The zero-order valence-electron chi connectivity index (χ0n) is 11.9. The van der Waals surface area contributed by atoms with Crippen molar-refractivity contribution in [2.75, 3.05) is 6.54 Å². The van der Waals surface area contributed by atoms with E-state index in [-0.39, 0.29) is 11.9 Å². The van der Waals surface area contributed by atoms with Crippen LogP contribution in [0.4, 0.5) is 0 Å². The lowest BCUT2D eigenvalue weighted by Gasteiger charge is -2.37. The highest BCUT2D eigenvalue weighted by Gasteiger charge is 2.35. The highest BCUT2D eigenvalue weighted by atomic mass is 16.4. The fraction of sp³-hybridized carbons (Fsp3) is 0.375. The Morgan fingerprint density at radius 1 is 1.33 bits per heavy atom. The number of nitrogens with one attached hydrogen (secondary N) is 1. The molecule has 0 radical (unpaired) electrons. The summed E-state index contributed by atoms with van der Waals surface area (Å²) in [6, 6.07) is 7.21. The number of benzene rings is 1. The van der Waals surface area contributed by atoms with E-state index in [4.69, 9.17) is 0 Å². The standard InChI is InChI=1S/C16H18N2O3/c1-10-13(16(20)21)3-2-8-18(10)15(19)12-5-4-11-6-7-17-14(11)9-12/h4-7,9-10,13,17H,2-3,8H2,1H3,(H,20,21)/t10-,13-/m1/s1. The number of amides is 1. The quantitative estimate of drug-likeness (QED) is 0.890. The van der Waals surface area contributed by atoms with Crippen LogP contribution >= 0.6 is 0 Å². The number of aromatic nitrogens is 1. The molecule has 2 atom stereocenters. The number of hydrogen-bond acceptors (Lipinski definition) is 2. The molecule has 2 aromatic rings. The number of carboxylic acid groups (broad SMARTS) is 1. The number of fused-ring (bicyclic) bond motifs is 1. The zero-order chi connectivity index (χ0) is 15.0. The zero-order valence-corrected chi connectivity index (χ0v) is 11.9. The Morgan fingerprint density at radius 3 is 2.90 bits per heavy atom. The van der Waals surface area contributed by atoms with Crippen LogP contribution in [-0.4, -0.2) is 39.5 Å². The van der Waals surface area contributed by atoms with Crippen LogP contribution in [0, 0.1) is 5.92 Å². The smallest absolute Gasteiger partial charge is 0.308 e. The molecular formula is C16H18N2O3. The average molecular weight is 286 g/mol. The molecule has 1 saturated heterocycles. The van der Waals surface area contributed by atoms with E-state index in [9.17, 15) is 14.7 Å². The maximum absolute atomic E-state index is 12.7. The molecule has 0 aliphatic carbocycles. The van der Waals surface area contributed by atoms with Gasteiger partial charge in [-0.2, -0.15) is 0 Å². The molecule has 5 nitrogen and oxygen atoms in total. The maximum Gasteiger partial charge on any atom is 0.308 e. The van der Waals surface area contributed by atoms with Gasteiger partial charge in [-0.25, -0.2) is 0 Å². The first-order valence-electron chi connectivity index (χ1n) is 7.19. The van der Waals surface area contributed by atoms with Crippen LogP contribution in [0.2, 0.25) is 0 Å². The third-order valence-electron chi connectivity index (χ3n) is 4.37. The minimum atomic E-state index is -0.820. The summed E-state index contributed by atoms with van der Waals surface area (Å²) in [7, 11) is 0. The summed E-state index contributed by atoms with van der Waals surface area (Å²) in [6.45, 7) is 2.44. The van der Waals surface area contributed by atoms with E-state index in [2.05, 4.69) is 4.98 Å². The van der Waals surface area contributed by atoms with Gasteiger partial charge >= 0.3 is 5.97 Å². The summed E-state index contributed by atoms with van der Waals surface area (Å²) in [5, 5.41) is 10.3. The van der Waals surface area contributed by atoms with Crippen LogP contribution in [0.1, 0.15) is 30.1 Å². The van der Waals surface area contributed by atoms with Crippen LogP contribution in [0.15, 0.2) is 30.5 Å². The van der Waals surface area contributed by atoms with Gasteiger partial charge in [0.25, 0.3) is 5.91 Å². The molecular weight excluding hydrogens is 268 g/mol. The summed E-state index contributed by atoms with van der Waals surface area (Å²) in [4.78, 5) is 28.7. The molecule has 110 valence electrons. The maximum atomic E-state index is 12.7. The van der Waals surface area contributed by atoms with E-state index in [1.54, 1.807) is 11.0 Å². The van der Waals surface area contributed by atoms with E-state index >= 15 is 0 Å². The number of aliphatic carboxylic acids is 1. The Hall–Kier alpha value is -2.30. The Morgan fingerprint density at radius 2 is 2.14 bits per heavy atom. The van der Waals surface area contributed by atoms with Crippen LogP contribution in [0.5, 0.6) is 0 Å². The number of likely N-dealkylation sites (tertiary alicyclic amines) is 1. The van der Waals surface area contributed by atoms with Crippen molar-refractivity contribution in [3.63, 3.8) is 0 Å². The van der Waals surface area contributed by atoms with Gasteiger partial charge in [-0.15, -0.1) is 0 Å². The second-order valence-electron chi connectivity index (χ2n) is 5.61. The molecule has 3 rings (SSSR count). The predicted octanol–water partition coefficient (Wildman–Crippen LogP) is 2.49. The third-order valence-corrected chi connectivity index (χ3v) is 4.37. The molecule has 1 aromatic carbocycles. The Kier molecular flexibility index (Phi) is 3.41. The second kappa shape index (κ2) is 5.24. The van der Waals surface area contributed by atoms with Crippen molar-refractivity contribution in [2.45, 2.75) is 25.8 Å². The molecule has 1 aromatic heterocycles. The number of rotatable bonds is 2. The first-order valence-corrected chi connectivity index (χ1v) is 7.19. The monoisotopic (exact) mass is 286 g/mol. The normalized spacial score (nSPS) is 22.4. The third kappa shape index (κ3) is 2.39. The van der Waals surface area contributed by atoms with Gasteiger partial charge in [0.1, 0.15) is 0 Å². The number of piperidine rings is 1. The van der Waals surface area contributed by atoms with Gasteiger partial charge in [0.05, 0.1) is 5.92 Å². The number of carbonyl (C=O) groups excluding carboxylic acids is 1. The van der Waals surface area contributed by atoms with Crippen LogP contribution in [0.25, 0.3) is 10.9 Å². The lowest BCUT2D eigenvalue weighted by molar-refractivity contribution is -0.144. The van der Waals surface area contributed by atoms with Gasteiger partial charge in [0.15, 0.2) is 0 Å². The Balaban J connectivity index is 1.88. The van der Waals surface area contributed by atoms with Crippen molar-refractivity contribution in [3.05, 3.63) is 36.0 Å². The highest BCUT2D eigenvalue weighted by Crippen LogP contribution is 2.26. The van der Waals surface area contributed by atoms with E-state index in [0.29, 0.717) is 18.5 Å². The van der Waals surface area contributed by atoms with Crippen molar-refractivity contribution >= 4 is 22.8 Å². The number of carbonyl (C=O) groups is 2. The minimum Gasteiger partial charge on any atom is -0.481 e. The fourth-order valence-electron chi connectivity index (χ4n) is 3.11. The summed E-state index contributed by atoms with van der Waals surface area (Å²) in [5.74, 6) is -1.39. The number of H-pyrrole nitrogens is 1. The summed E-state index contributed by atoms with van der Waals surface area (Å²) in [5.41, 5.74) is 1.52. The van der Waals surface area contributed by atoms with Gasteiger partial charge in [0, 0.05) is 29.9 Å². The summed E-state index contributed by atoms with van der Waals surface area (Å²) >= 11 is 0. The second-order valence-corrected chi connectivity index (χ2v) is 5.61. The molecule has 0 spiro atoms. The molecule has 5 heteroatoms. The molecule has 1 fully saturated rings. The van der Waals surface area contributed by atoms with Crippen molar-refractivity contribution in [2.24, 2.45) is 5.92 Å². The van der Waals surface area contributed by atoms with Gasteiger partial charge in [-0.1, -0.05) is 6.07 Å². The summed E-state index contributed by atoms with van der Waals surface area (Å²) < 4.78 is 0. The van der Waals surface area contributed by atoms with Crippen molar-refractivity contribution in [1.29, 1.82) is 0 Å². The molecule has 2 heterocycles. The SMILES string of the molecule is C[C@@H]1[C@H](C(=O)O)CCCN1C(=O)c1ccc2cc[nH]c2c1. The van der Waals surface area contributed by atoms with Crippen molar-refractivity contribution in [3.8, 4) is 0 Å². The number of hydrogen-bond donors (Lipinski definition) is 2. The largest absolute Gasteiger partial charge is 0.481 e. The molecule has 1 aliphatic rings. The number of carboxylic acids is 1. The number of aromatic amines is 1. The topological polar surface area (TPSA) is 73.4 Å². The molecule has 0 saturated carbocycles. The van der Waals surface area contributed by atoms with Gasteiger partial charge in [-0.3, -0.25) is 9.59 Å². The summed E-state index contributed by atoms with van der Waals surface area (Å²) in [6.07, 6.45) is 3.20. The fourth-order valence-corrected chi connectivity index (χ4v) is 3.11. The van der Waals surface area contributed by atoms with E-state index in [0.717, 1.165) is 17.3 Å². The Bertz CT molecular complexity index is 692. The molecule has 0 bridgehead atoms. The van der Waals surface area contributed by atoms with Crippen LogP contribution in [-0.2, 0) is 4.79 Å². The van der Waals surface area contributed by atoms with Crippen LogP contribution in [0.3, 0.4) is 0 Å². The van der Waals surface area contributed by atoms with E-state index in [1.165, 1.54) is 0 Å². The van der Waals surface area contributed by atoms with Gasteiger partial charge < -0.3 is 15.0 Å². The first-order chi connectivity index (χ1) is 10.1. The lowest BCUT2D eigenvalue weighted by atomic mass is 9.90. The molecule has 1 amide bonds. The molecule has 21 heavy (non-hydrogen) atoms. The minimum absolute atomic E-state index is 0.0926. The Labute approximate surface area is 122 Å². The number of nitrogens with zero attached hydrogens (tertiary/aromatic N) is 1. The lowest BCUT2D eigenvalue weighted by Crippen LogP contribution is -2.49. The van der Waals surface area contributed by atoms with Gasteiger partial charge in [-0.05, 0) is 43.4 Å². The molecule has 0 unspecified atom stereocenters. The average Bonchev–Trinajstić information content (AvgIpc) is 2.93. The van der Waals surface area contributed by atoms with Crippen LogP contribution < -0.4 is 0 Å². The highest BCUT2D eigenvalue weighted by molar-refractivity contribution is 5.98. The van der Waals surface area contributed by atoms with E-state index < -0.39 is 11.9 Å².